The minimum Gasteiger partial charge on any atom is -0.480 e. The van der Waals surface area contributed by atoms with Crippen LogP contribution < -0.4 is 5.32 Å². The third-order valence-corrected chi connectivity index (χ3v) is 4.78. The van der Waals surface area contributed by atoms with Crippen LogP contribution in [0.3, 0.4) is 0 Å². The molecule has 0 radical (unpaired) electrons. The molecule has 2 aliphatic carbocycles. The van der Waals surface area contributed by atoms with E-state index in [4.69, 9.17) is 11.6 Å². The van der Waals surface area contributed by atoms with Crippen molar-refractivity contribution in [3.05, 3.63) is 40.5 Å². The van der Waals surface area contributed by atoms with Crippen LogP contribution in [0.2, 0.25) is 5.02 Å². The molecular formula is C17H15ClN2O3. The first kappa shape index (κ1) is 14.5. The summed E-state index contributed by atoms with van der Waals surface area (Å²) in [5.41, 5.74) is 0.951. The topological polar surface area (TPSA) is 79.3 Å². The number of carbonyl (C=O) groups excluding carboxylic acids is 1. The number of carboxylic acids is 1. The van der Waals surface area contributed by atoms with Crippen molar-refractivity contribution in [2.24, 2.45) is 0 Å². The third kappa shape index (κ3) is 2.55. The number of aromatic nitrogens is 1. The van der Waals surface area contributed by atoms with E-state index in [1.54, 1.807) is 24.3 Å². The first-order chi connectivity index (χ1) is 11.0. The van der Waals surface area contributed by atoms with E-state index in [-0.39, 0.29) is 5.91 Å². The van der Waals surface area contributed by atoms with Crippen molar-refractivity contribution in [3.8, 4) is 0 Å². The van der Waals surface area contributed by atoms with Gasteiger partial charge in [-0.3, -0.25) is 9.78 Å². The molecule has 0 saturated heterocycles. The number of benzene rings is 1. The predicted molar refractivity (Wildman–Crippen MR) is 85.8 cm³/mol. The first-order valence-electron chi connectivity index (χ1n) is 7.65. The smallest absolute Gasteiger partial charge is 0.329 e. The quantitative estimate of drug-likeness (QED) is 0.902. The lowest BCUT2D eigenvalue weighted by molar-refractivity contribution is -0.140. The maximum absolute atomic E-state index is 12.7. The third-order valence-electron chi connectivity index (χ3n) is 4.54. The Morgan fingerprint density at radius 1 is 1.26 bits per heavy atom. The van der Waals surface area contributed by atoms with Gasteiger partial charge in [-0.05, 0) is 49.9 Å². The Bertz CT molecular complexity index is 841. The summed E-state index contributed by atoms with van der Waals surface area (Å²) in [4.78, 5) is 28.6. The number of halogens is 1. The summed E-state index contributed by atoms with van der Waals surface area (Å²) in [7, 11) is 0. The summed E-state index contributed by atoms with van der Waals surface area (Å²) in [6.07, 6.45) is 3.08. The molecule has 0 unspecified atom stereocenters. The molecule has 2 aromatic rings. The van der Waals surface area contributed by atoms with Crippen molar-refractivity contribution >= 4 is 34.4 Å². The summed E-state index contributed by atoms with van der Waals surface area (Å²) in [6, 6.07) is 7.03. The lowest BCUT2D eigenvalue weighted by Crippen LogP contribution is -2.43. The van der Waals surface area contributed by atoms with Crippen LogP contribution in [0.4, 0.5) is 0 Å². The van der Waals surface area contributed by atoms with Crippen molar-refractivity contribution in [3.63, 3.8) is 0 Å². The number of carboxylic acid groups (broad SMARTS) is 1. The Balaban J connectivity index is 1.79. The maximum atomic E-state index is 12.7. The van der Waals surface area contributed by atoms with Crippen LogP contribution in [0.1, 0.15) is 47.7 Å². The fourth-order valence-corrected chi connectivity index (χ4v) is 2.97. The van der Waals surface area contributed by atoms with Gasteiger partial charge in [0.15, 0.2) is 0 Å². The van der Waals surface area contributed by atoms with E-state index in [2.05, 4.69) is 10.3 Å². The van der Waals surface area contributed by atoms with Crippen molar-refractivity contribution < 1.29 is 14.7 Å². The molecular weight excluding hydrogens is 316 g/mol. The number of hydrogen-bond donors (Lipinski definition) is 2. The second kappa shape index (κ2) is 4.93. The van der Waals surface area contributed by atoms with E-state index < -0.39 is 11.5 Å². The molecule has 0 spiro atoms. The SMILES string of the molecule is O=C(NC1(C(=O)O)CC1)c1cc(C2CC2)nc2ccc(Cl)cc12. The molecule has 1 amide bonds. The summed E-state index contributed by atoms with van der Waals surface area (Å²) in [5.74, 6) is -0.956. The standard InChI is InChI=1S/C17H15ClN2O3/c18-10-3-4-13-11(7-10)12(8-14(19-13)9-1-2-9)15(21)20-17(5-6-17)16(22)23/h3-4,7-9H,1-2,5-6H2,(H,20,21)(H,22,23). The number of rotatable bonds is 4. The van der Waals surface area contributed by atoms with Gasteiger partial charge in [-0.25, -0.2) is 4.79 Å². The molecule has 2 saturated carbocycles. The molecule has 0 bridgehead atoms. The van der Waals surface area contributed by atoms with Crippen LogP contribution >= 0.6 is 11.6 Å². The first-order valence-corrected chi connectivity index (χ1v) is 8.02. The summed E-state index contributed by atoms with van der Waals surface area (Å²) in [5, 5.41) is 13.1. The van der Waals surface area contributed by atoms with Crippen LogP contribution in [0, 0.1) is 0 Å². The Kier molecular flexibility index (Phi) is 3.10. The summed E-state index contributed by atoms with van der Waals surface area (Å²) < 4.78 is 0. The molecule has 1 aromatic heterocycles. The minimum atomic E-state index is -1.11. The van der Waals surface area contributed by atoms with Gasteiger partial charge in [-0.15, -0.1) is 0 Å². The van der Waals surface area contributed by atoms with E-state index in [0.29, 0.717) is 40.2 Å². The lowest BCUT2D eigenvalue weighted by Gasteiger charge is -2.14. The zero-order valence-electron chi connectivity index (χ0n) is 12.3. The highest BCUT2D eigenvalue weighted by molar-refractivity contribution is 6.31. The molecule has 4 rings (SSSR count). The molecule has 1 aromatic carbocycles. The van der Waals surface area contributed by atoms with Gasteiger partial charge >= 0.3 is 5.97 Å². The maximum Gasteiger partial charge on any atom is 0.329 e. The highest BCUT2D eigenvalue weighted by Gasteiger charge is 2.51. The molecule has 2 fully saturated rings. The van der Waals surface area contributed by atoms with Crippen LogP contribution in [0.25, 0.3) is 10.9 Å². The molecule has 0 aliphatic heterocycles. The van der Waals surface area contributed by atoms with Crippen molar-refractivity contribution in [1.82, 2.24) is 10.3 Å². The van der Waals surface area contributed by atoms with E-state index in [1.165, 1.54) is 0 Å². The number of aliphatic carboxylic acids is 1. The summed E-state index contributed by atoms with van der Waals surface area (Å²) in [6.45, 7) is 0. The van der Waals surface area contributed by atoms with Crippen molar-refractivity contribution in [2.75, 3.05) is 0 Å². The number of amides is 1. The second-order valence-corrected chi connectivity index (χ2v) is 6.81. The zero-order valence-corrected chi connectivity index (χ0v) is 13.1. The van der Waals surface area contributed by atoms with E-state index in [1.807, 2.05) is 0 Å². The molecule has 23 heavy (non-hydrogen) atoms. The fraction of sp³-hybridized carbons (Fsp3) is 0.353. The second-order valence-electron chi connectivity index (χ2n) is 6.37. The van der Waals surface area contributed by atoms with Gasteiger partial charge in [0.1, 0.15) is 5.54 Å². The zero-order chi connectivity index (χ0) is 16.2. The molecule has 5 nitrogen and oxygen atoms in total. The fourth-order valence-electron chi connectivity index (χ4n) is 2.80. The average molecular weight is 331 g/mol. The predicted octanol–water partition coefficient (Wildman–Crippen LogP) is 3.11. The molecule has 2 N–H and O–H groups in total. The monoisotopic (exact) mass is 330 g/mol. The molecule has 118 valence electrons. The van der Waals surface area contributed by atoms with Crippen LogP contribution in [0.5, 0.6) is 0 Å². The van der Waals surface area contributed by atoms with E-state index >= 15 is 0 Å². The Hall–Kier alpha value is -2.14. The van der Waals surface area contributed by atoms with Crippen LogP contribution in [0.15, 0.2) is 24.3 Å². The van der Waals surface area contributed by atoms with Crippen LogP contribution in [-0.4, -0.2) is 27.5 Å². The Labute approximate surface area is 137 Å². The number of nitrogens with zero attached hydrogens (tertiary/aromatic N) is 1. The number of fused-ring (bicyclic) bond motifs is 1. The molecule has 2 aliphatic rings. The van der Waals surface area contributed by atoms with Gasteiger partial charge in [-0.1, -0.05) is 11.6 Å². The number of pyridine rings is 1. The van der Waals surface area contributed by atoms with Crippen LogP contribution in [-0.2, 0) is 4.79 Å². The normalized spacial score (nSPS) is 18.7. The minimum absolute atomic E-state index is 0.374. The summed E-state index contributed by atoms with van der Waals surface area (Å²) >= 11 is 6.05. The van der Waals surface area contributed by atoms with Gasteiger partial charge in [0.25, 0.3) is 5.91 Å². The average Bonchev–Trinajstić information content (AvgIpc) is 3.39. The highest BCUT2D eigenvalue weighted by Crippen LogP contribution is 2.41. The Morgan fingerprint density at radius 2 is 2.00 bits per heavy atom. The van der Waals surface area contributed by atoms with Gasteiger partial charge in [0, 0.05) is 22.0 Å². The van der Waals surface area contributed by atoms with Gasteiger partial charge in [0.05, 0.1) is 11.1 Å². The van der Waals surface area contributed by atoms with Crippen molar-refractivity contribution in [2.45, 2.75) is 37.1 Å². The largest absolute Gasteiger partial charge is 0.480 e. The molecule has 0 atom stereocenters. The highest BCUT2D eigenvalue weighted by atomic mass is 35.5. The van der Waals surface area contributed by atoms with Gasteiger partial charge in [-0.2, -0.15) is 0 Å². The number of nitrogens with one attached hydrogen (secondary N) is 1. The Morgan fingerprint density at radius 3 is 2.61 bits per heavy atom. The van der Waals surface area contributed by atoms with E-state index in [0.717, 1.165) is 18.5 Å². The lowest BCUT2D eigenvalue weighted by atomic mass is 10.0. The van der Waals surface area contributed by atoms with Gasteiger partial charge < -0.3 is 10.4 Å². The van der Waals surface area contributed by atoms with E-state index in [9.17, 15) is 14.7 Å². The molecule has 1 heterocycles. The number of carbonyl (C=O) groups is 2. The number of hydrogen-bond acceptors (Lipinski definition) is 3. The molecule has 6 heteroatoms. The van der Waals surface area contributed by atoms with Gasteiger partial charge in [0.2, 0.25) is 0 Å². The van der Waals surface area contributed by atoms with Crippen molar-refractivity contribution in [1.29, 1.82) is 0 Å².